The Labute approximate surface area is 110 Å². The lowest BCUT2D eigenvalue weighted by molar-refractivity contribution is -0.127. The molecule has 1 amide bonds. The summed E-state index contributed by atoms with van der Waals surface area (Å²) in [5, 5.41) is 6.38. The van der Waals surface area contributed by atoms with Gasteiger partial charge in [0.15, 0.2) is 0 Å². The lowest BCUT2D eigenvalue weighted by Gasteiger charge is -2.28. The molecular weight excluding hydrogens is 232 g/mol. The Bertz CT molecular complexity index is 269. The molecule has 2 N–H and O–H groups in total. The van der Waals surface area contributed by atoms with Crippen LogP contribution in [0.1, 0.15) is 27.2 Å². The van der Waals surface area contributed by atoms with E-state index in [1.165, 1.54) is 0 Å². The summed E-state index contributed by atoms with van der Waals surface area (Å²) in [6, 6.07) is 0.128. The third-order valence-corrected chi connectivity index (χ3v) is 3.04. The number of nitrogens with one attached hydrogen (secondary N) is 2. The van der Waals surface area contributed by atoms with Crippen molar-refractivity contribution in [2.24, 2.45) is 5.92 Å². The molecule has 1 aliphatic rings. The predicted octanol–water partition coefficient (Wildman–Crippen LogP) is 0.542. The fourth-order valence-electron chi connectivity index (χ4n) is 2.17. The van der Waals surface area contributed by atoms with Gasteiger partial charge in [-0.25, -0.2) is 0 Å². The molecule has 0 spiro atoms. The van der Waals surface area contributed by atoms with E-state index >= 15 is 0 Å². The quantitative estimate of drug-likeness (QED) is 0.700. The van der Waals surface area contributed by atoms with E-state index in [0.29, 0.717) is 19.8 Å². The van der Waals surface area contributed by atoms with Gasteiger partial charge in [-0.15, -0.1) is 0 Å². The molecule has 1 fully saturated rings. The molecule has 1 saturated heterocycles. The Morgan fingerprint density at radius 2 is 2.17 bits per heavy atom. The number of amides is 1. The van der Waals surface area contributed by atoms with E-state index in [4.69, 9.17) is 9.47 Å². The van der Waals surface area contributed by atoms with Gasteiger partial charge in [0.25, 0.3) is 0 Å². The van der Waals surface area contributed by atoms with Crippen LogP contribution in [0.2, 0.25) is 0 Å². The first-order valence-electron chi connectivity index (χ1n) is 6.62. The van der Waals surface area contributed by atoms with Crippen molar-refractivity contribution in [3.8, 4) is 0 Å². The molecule has 5 nitrogen and oxygen atoms in total. The summed E-state index contributed by atoms with van der Waals surface area (Å²) in [5.74, 6) is -0.0594. The van der Waals surface area contributed by atoms with Crippen molar-refractivity contribution in [2.75, 3.05) is 33.5 Å². The molecular formula is C13H26N2O3. The molecule has 106 valence electrons. The minimum atomic E-state index is -0.344. The van der Waals surface area contributed by atoms with Crippen LogP contribution in [0.5, 0.6) is 0 Å². The summed E-state index contributed by atoms with van der Waals surface area (Å²) >= 11 is 0. The second-order valence-electron chi connectivity index (χ2n) is 5.51. The zero-order chi connectivity index (χ0) is 13.6. The smallest absolute Gasteiger partial charge is 0.227 e. The summed E-state index contributed by atoms with van der Waals surface area (Å²) < 4.78 is 10.5. The molecule has 0 saturated carbocycles. The lowest BCUT2D eigenvalue weighted by atomic mass is 9.99. The number of carbonyl (C=O) groups is 1. The fraction of sp³-hybridized carbons (Fsp3) is 0.923. The molecule has 0 aromatic carbocycles. The van der Waals surface area contributed by atoms with Crippen molar-refractivity contribution in [2.45, 2.75) is 38.8 Å². The average molecular weight is 258 g/mol. The van der Waals surface area contributed by atoms with Gasteiger partial charge >= 0.3 is 0 Å². The first-order chi connectivity index (χ1) is 8.50. The van der Waals surface area contributed by atoms with Crippen molar-refractivity contribution in [3.63, 3.8) is 0 Å². The van der Waals surface area contributed by atoms with E-state index in [1.54, 1.807) is 7.11 Å². The van der Waals surface area contributed by atoms with E-state index < -0.39 is 0 Å². The number of hydrogen-bond donors (Lipinski definition) is 2. The normalized spacial score (nSPS) is 24.2. The average Bonchev–Trinajstić information content (AvgIpc) is 2.73. The van der Waals surface area contributed by atoms with E-state index in [2.05, 4.69) is 17.6 Å². The fourth-order valence-corrected chi connectivity index (χ4v) is 2.17. The molecule has 0 aromatic rings. The van der Waals surface area contributed by atoms with Crippen LogP contribution in [0.15, 0.2) is 0 Å². The maximum Gasteiger partial charge on any atom is 0.227 e. The van der Waals surface area contributed by atoms with Crippen LogP contribution in [0, 0.1) is 5.92 Å². The highest BCUT2D eigenvalue weighted by Crippen LogP contribution is 2.15. The molecule has 1 aliphatic heterocycles. The molecule has 2 atom stereocenters. The zero-order valence-corrected chi connectivity index (χ0v) is 11.9. The summed E-state index contributed by atoms with van der Waals surface area (Å²) in [6.45, 7) is 8.55. The van der Waals surface area contributed by atoms with Crippen molar-refractivity contribution in [1.82, 2.24) is 10.6 Å². The predicted molar refractivity (Wildman–Crippen MR) is 70.5 cm³/mol. The third kappa shape index (κ3) is 4.55. The first-order valence-corrected chi connectivity index (χ1v) is 6.62. The van der Waals surface area contributed by atoms with Crippen molar-refractivity contribution >= 4 is 5.91 Å². The Morgan fingerprint density at radius 3 is 2.78 bits per heavy atom. The summed E-state index contributed by atoms with van der Waals surface area (Å²) in [7, 11) is 1.64. The second-order valence-corrected chi connectivity index (χ2v) is 5.51. The van der Waals surface area contributed by atoms with Crippen LogP contribution in [-0.4, -0.2) is 51.0 Å². The number of rotatable bonds is 7. The van der Waals surface area contributed by atoms with Gasteiger partial charge in [-0.05, 0) is 26.8 Å². The van der Waals surface area contributed by atoms with E-state index in [1.807, 2.05) is 13.8 Å². The van der Waals surface area contributed by atoms with Gasteiger partial charge < -0.3 is 20.1 Å². The molecule has 2 unspecified atom stereocenters. The third-order valence-electron chi connectivity index (χ3n) is 3.04. The van der Waals surface area contributed by atoms with Crippen LogP contribution < -0.4 is 10.6 Å². The number of hydrogen-bond acceptors (Lipinski definition) is 4. The minimum Gasteiger partial charge on any atom is -0.382 e. The highest BCUT2D eigenvalue weighted by atomic mass is 16.5. The molecule has 1 rings (SSSR count). The summed E-state index contributed by atoms with van der Waals surface area (Å²) in [6.07, 6.45) is 1.06. The number of carbonyl (C=O) groups excluding carboxylic acids is 1. The van der Waals surface area contributed by atoms with Gasteiger partial charge in [0.05, 0.1) is 31.3 Å². The molecule has 1 heterocycles. The van der Waals surface area contributed by atoms with Crippen LogP contribution in [0.3, 0.4) is 0 Å². The SMILES string of the molecule is CCCNC1COCC1C(=O)NC(C)(C)COC. The van der Waals surface area contributed by atoms with Gasteiger partial charge in [0.2, 0.25) is 5.91 Å². The highest BCUT2D eigenvalue weighted by molar-refractivity contribution is 5.80. The van der Waals surface area contributed by atoms with E-state index in [0.717, 1.165) is 13.0 Å². The van der Waals surface area contributed by atoms with Crippen molar-refractivity contribution in [3.05, 3.63) is 0 Å². The van der Waals surface area contributed by atoms with Crippen LogP contribution in [-0.2, 0) is 14.3 Å². The van der Waals surface area contributed by atoms with Gasteiger partial charge in [0, 0.05) is 13.2 Å². The Hall–Kier alpha value is -0.650. The lowest BCUT2D eigenvalue weighted by Crippen LogP contribution is -2.52. The molecule has 0 radical (unpaired) electrons. The van der Waals surface area contributed by atoms with Gasteiger partial charge in [0.1, 0.15) is 0 Å². The maximum atomic E-state index is 12.2. The maximum absolute atomic E-state index is 12.2. The number of ether oxygens (including phenoxy) is 2. The first kappa shape index (κ1) is 15.4. The molecule has 0 aromatic heterocycles. The Balaban J connectivity index is 2.49. The minimum absolute atomic E-state index is 0.0446. The van der Waals surface area contributed by atoms with Gasteiger partial charge in [-0.3, -0.25) is 4.79 Å². The second kappa shape index (κ2) is 7.07. The summed E-state index contributed by atoms with van der Waals surface area (Å²) in [4.78, 5) is 12.2. The highest BCUT2D eigenvalue weighted by Gasteiger charge is 2.35. The molecule has 18 heavy (non-hydrogen) atoms. The van der Waals surface area contributed by atoms with Crippen molar-refractivity contribution in [1.29, 1.82) is 0 Å². The number of methoxy groups -OCH3 is 1. The van der Waals surface area contributed by atoms with Crippen LogP contribution in [0.4, 0.5) is 0 Å². The van der Waals surface area contributed by atoms with Crippen LogP contribution >= 0.6 is 0 Å². The molecule has 0 aliphatic carbocycles. The Kier molecular flexibility index (Phi) is 6.05. The van der Waals surface area contributed by atoms with E-state index in [9.17, 15) is 4.79 Å². The standard InChI is InChI=1S/C13H26N2O3/c1-5-6-14-11-8-18-7-10(11)12(16)15-13(2,3)9-17-4/h10-11,14H,5-9H2,1-4H3,(H,15,16). The van der Waals surface area contributed by atoms with E-state index in [-0.39, 0.29) is 23.4 Å². The summed E-state index contributed by atoms with van der Waals surface area (Å²) in [5.41, 5.74) is -0.344. The Morgan fingerprint density at radius 1 is 1.44 bits per heavy atom. The van der Waals surface area contributed by atoms with Crippen LogP contribution in [0.25, 0.3) is 0 Å². The van der Waals surface area contributed by atoms with Crippen molar-refractivity contribution < 1.29 is 14.3 Å². The van der Waals surface area contributed by atoms with Gasteiger partial charge in [-0.2, -0.15) is 0 Å². The molecule has 5 heteroatoms. The topological polar surface area (TPSA) is 59.6 Å². The molecule has 0 bridgehead atoms. The largest absolute Gasteiger partial charge is 0.382 e. The zero-order valence-electron chi connectivity index (χ0n) is 11.9. The monoisotopic (exact) mass is 258 g/mol. The van der Waals surface area contributed by atoms with Gasteiger partial charge in [-0.1, -0.05) is 6.92 Å².